The molecule has 1 atom stereocenters. The van der Waals surface area contributed by atoms with Gasteiger partial charge in [-0.05, 0) is 31.5 Å². The van der Waals surface area contributed by atoms with Gasteiger partial charge in [-0.2, -0.15) is 5.10 Å². The fourth-order valence-electron chi connectivity index (χ4n) is 4.13. The maximum absolute atomic E-state index is 12.6. The second-order valence-corrected chi connectivity index (χ2v) is 8.28. The van der Waals surface area contributed by atoms with Crippen molar-refractivity contribution in [3.05, 3.63) is 89.6 Å². The number of amides is 2. The maximum atomic E-state index is 12.6. The van der Waals surface area contributed by atoms with E-state index >= 15 is 0 Å². The molecule has 0 radical (unpaired) electrons. The zero-order valence-corrected chi connectivity index (χ0v) is 19.1. The molecule has 7 heteroatoms. The van der Waals surface area contributed by atoms with Crippen LogP contribution >= 0.6 is 0 Å². The summed E-state index contributed by atoms with van der Waals surface area (Å²) in [5, 5.41) is 10.3. The molecule has 0 fully saturated rings. The number of fused-ring (bicyclic) bond motifs is 1. The largest absolute Gasteiger partial charge is 0.441 e. The molecule has 0 aliphatic heterocycles. The van der Waals surface area contributed by atoms with Gasteiger partial charge >= 0.3 is 6.09 Å². The molecular formula is C27H24N4O3. The average Bonchev–Trinajstić information content (AvgIpc) is 3.14. The standard InChI is InChI=1S/C27H24N4O3/c1-16-23(29-27(33)34-17(2)18-8-5-4-6-9-18)25(31(3)30-16)19-12-14-20(15-13-19)26(32)28-24-21-10-7-11-22(21)24/h4-15,17H,1-3H3,(H,28,32)(H,29,33). The normalized spacial score (nSPS) is 12.1. The van der Waals surface area contributed by atoms with Crippen molar-refractivity contribution in [1.82, 2.24) is 9.78 Å². The van der Waals surface area contributed by atoms with Crippen LogP contribution in [0.4, 0.5) is 16.2 Å². The Hall–Kier alpha value is -4.39. The monoisotopic (exact) mass is 452 g/mol. The summed E-state index contributed by atoms with van der Waals surface area (Å²) in [6, 6.07) is 22.7. The lowest BCUT2D eigenvalue weighted by Crippen LogP contribution is -2.17. The van der Waals surface area contributed by atoms with Crippen LogP contribution in [0.1, 0.15) is 34.6 Å². The van der Waals surface area contributed by atoms with Crippen LogP contribution in [0.5, 0.6) is 0 Å². The summed E-state index contributed by atoms with van der Waals surface area (Å²) in [4.78, 5) is 25.2. The van der Waals surface area contributed by atoms with E-state index in [1.165, 1.54) is 0 Å². The van der Waals surface area contributed by atoms with E-state index in [2.05, 4.69) is 15.7 Å². The van der Waals surface area contributed by atoms with E-state index in [4.69, 9.17) is 4.74 Å². The van der Waals surface area contributed by atoms with Crippen molar-refractivity contribution in [2.24, 2.45) is 7.05 Å². The number of anilines is 2. The van der Waals surface area contributed by atoms with Gasteiger partial charge in [0.2, 0.25) is 0 Å². The third kappa shape index (κ3) is 4.03. The zero-order chi connectivity index (χ0) is 23.8. The highest BCUT2D eigenvalue weighted by atomic mass is 16.6. The van der Waals surface area contributed by atoms with Gasteiger partial charge in [0.1, 0.15) is 6.10 Å². The SMILES string of the molecule is Cc1nn(C)c(-c2ccc(C(=O)Nc3c4cccc3-4)cc2)c1NC(=O)OC(C)c1ccccc1. The molecule has 1 unspecified atom stereocenters. The van der Waals surface area contributed by atoms with Gasteiger partial charge < -0.3 is 10.1 Å². The molecular weight excluding hydrogens is 428 g/mol. The Morgan fingerprint density at radius 1 is 0.882 bits per heavy atom. The number of aromatic nitrogens is 2. The Morgan fingerprint density at radius 3 is 2.24 bits per heavy atom. The van der Waals surface area contributed by atoms with E-state index in [0.717, 1.165) is 33.6 Å². The maximum Gasteiger partial charge on any atom is 0.412 e. The first kappa shape index (κ1) is 21.5. The Bertz CT molecular complexity index is 1370. The highest BCUT2D eigenvalue weighted by molar-refractivity contribution is 6.16. The van der Waals surface area contributed by atoms with Gasteiger partial charge in [-0.1, -0.05) is 60.7 Å². The summed E-state index contributed by atoms with van der Waals surface area (Å²) in [7, 11) is 1.81. The molecule has 1 aromatic heterocycles. The van der Waals surface area contributed by atoms with Crippen LogP contribution in [0.2, 0.25) is 0 Å². The second kappa shape index (κ2) is 8.51. The molecule has 0 saturated carbocycles. The van der Waals surface area contributed by atoms with Crippen molar-refractivity contribution in [3.8, 4) is 22.4 Å². The minimum atomic E-state index is -0.558. The molecule has 170 valence electrons. The third-order valence-electron chi connectivity index (χ3n) is 5.95. The number of nitrogens with one attached hydrogen (secondary N) is 2. The Labute approximate surface area is 197 Å². The fourth-order valence-corrected chi connectivity index (χ4v) is 4.13. The van der Waals surface area contributed by atoms with Crippen molar-refractivity contribution in [3.63, 3.8) is 0 Å². The lowest BCUT2D eigenvalue weighted by Gasteiger charge is -2.15. The van der Waals surface area contributed by atoms with E-state index in [9.17, 15) is 9.59 Å². The molecule has 0 saturated heterocycles. The summed E-state index contributed by atoms with van der Waals surface area (Å²) in [6.45, 7) is 3.65. The van der Waals surface area contributed by atoms with Crippen LogP contribution in [0.15, 0.2) is 72.8 Å². The van der Waals surface area contributed by atoms with Crippen LogP contribution < -0.4 is 10.6 Å². The Balaban J connectivity index is 1.31. The summed E-state index contributed by atoms with van der Waals surface area (Å²) in [5.74, 6) is -0.157. The van der Waals surface area contributed by atoms with Crippen molar-refractivity contribution >= 4 is 23.4 Å². The number of benzene rings is 3. The highest BCUT2D eigenvalue weighted by Crippen LogP contribution is 2.48. The molecule has 1 heterocycles. The number of hydrogen-bond acceptors (Lipinski definition) is 4. The lowest BCUT2D eigenvalue weighted by molar-refractivity contribution is 0.102. The van der Waals surface area contributed by atoms with Gasteiger partial charge in [-0.15, -0.1) is 0 Å². The lowest BCUT2D eigenvalue weighted by atomic mass is 10.1. The highest BCUT2D eigenvalue weighted by Gasteiger charge is 2.25. The number of carbonyl (C=O) groups excluding carboxylic acids is 2. The van der Waals surface area contributed by atoms with E-state index in [0.29, 0.717) is 16.9 Å². The predicted octanol–water partition coefficient (Wildman–Crippen LogP) is 5.94. The number of carbonyl (C=O) groups is 2. The summed E-state index contributed by atoms with van der Waals surface area (Å²) in [6.07, 6.45) is -0.953. The van der Waals surface area contributed by atoms with Gasteiger partial charge in [-0.25, -0.2) is 4.79 Å². The van der Waals surface area contributed by atoms with Gasteiger partial charge in [0.15, 0.2) is 0 Å². The summed E-state index contributed by atoms with van der Waals surface area (Å²) >= 11 is 0. The molecule has 2 amide bonds. The summed E-state index contributed by atoms with van der Waals surface area (Å²) < 4.78 is 7.27. The number of nitrogens with zero attached hydrogens (tertiary/aromatic N) is 2. The molecule has 34 heavy (non-hydrogen) atoms. The van der Waals surface area contributed by atoms with E-state index in [1.807, 2.05) is 81.6 Å². The molecule has 2 aliphatic rings. The first-order chi connectivity index (χ1) is 16.4. The zero-order valence-electron chi connectivity index (χ0n) is 19.1. The first-order valence-electron chi connectivity index (χ1n) is 11.0. The van der Waals surface area contributed by atoms with Crippen LogP contribution in [0.3, 0.4) is 0 Å². The smallest absolute Gasteiger partial charge is 0.412 e. The van der Waals surface area contributed by atoms with E-state index in [-0.39, 0.29) is 5.91 Å². The molecule has 0 bridgehead atoms. The third-order valence-corrected chi connectivity index (χ3v) is 5.95. The van der Waals surface area contributed by atoms with Gasteiger partial charge in [0, 0.05) is 29.3 Å². The van der Waals surface area contributed by atoms with E-state index < -0.39 is 12.2 Å². The first-order valence-corrected chi connectivity index (χ1v) is 11.0. The second-order valence-electron chi connectivity index (χ2n) is 8.28. The number of para-hydroxylation sites is 1. The van der Waals surface area contributed by atoms with Crippen molar-refractivity contribution < 1.29 is 14.3 Å². The molecule has 2 N–H and O–H groups in total. The molecule has 3 aromatic rings. The summed E-state index contributed by atoms with van der Waals surface area (Å²) in [5.41, 5.74) is 7.34. The minimum absolute atomic E-state index is 0.157. The Kier molecular flexibility index (Phi) is 5.37. The van der Waals surface area contributed by atoms with Crippen LogP contribution in [0, 0.1) is 6.92 Å². The topological polar surface area (TPSA) is 85.3 Å². The average molecular weight is 453 g/mol. The number of rotatable bonds is 6. The molecule has 5 rings (SSSR count). The molecule has 2 aliphatic carbocycles. The molecule has 7 nitrogen and oxygen atoms in total. The van der Waals surface area contributed by atoms with Crippen LogP contribution in [0.25, 0.3) is 22.4 Å². The number of ether oxygens (including phenoxy) is 1. The van der Waals surface area contributed by atoms with Crippen LogP contribution in [-0.2, 0) is 11.8 Å². The van der Waals surface area contributed by atoms with Crippen molar-refractivity contribution in [2.75, 3.05) is 10.6 Å². The number of aryl methyl sites for hydroxylation is 2. The fraction of sp³-hybridized carbons (Fsp3) is 0.148. The van der Waals surface area contributed by atoms with E-state index in [1.54, 1.807) is 16.8 Å². The van der Waals surface area contributed by atoms with Gasteiger partial charge in [0.05, 0.1) is 22.8 Å². The minimum Gasteiger partial charge on any atom is -0.441 e. The Morgan fingerprint density at radius 2 is 1.56 bits per heavy atom. The van der Waals surface area contributed by atoms with Gasteiger partial charge in [0.25, 0.3) is 5.91 Å². The number of hydrogen-bond donors (Lipinski definition) is 2. The molecule has 2 aromatic carbocycles. The van der Waals surface area contributed by atoms with Crippen LogP contribution in [-0.4, -0.2) is 21.8 Å². The quantitative estimate of drug-likeness (QED) is 0.334. The van der Waals surface area contributed by atoms with Crippen molar-refractivity contribution in [1.29, 1.82) is 0 Å². The predicted molar refractivity (Wildman–Crippen MR) is 132 cm³/mol. The van der Waals surface area contributed by atoms with Crippen molar-refractivity contribution in [2.45, 2.75) is 20.0 Å². The molecule has 0 spiro atoms. The van der Waals surface area contributed by atoms with Gasteiger partial charge in [-0.3, -0.25) is 14.8 Å².